The van der Waals surface area contributed by atoms with Gasteiger partial charge in [-0.25, -0.2) is 4.79 Å². The Kier molecular flexibility index (Phi) is 11.4. The third-order valence-corrected chi connectivity index (χ3v) is 8.23. The van der Waals surface area contributed by atoms with Gasteiger partial charge in [-0.3, -0.25) is 0 Å². The second-order valence-electron chi connectivity index (χ2n) is 8.49. The first kappa shape index (κ1) is 23.9. The molecule has 0 unspecified atom stereocenters. The van der Waals surface area contributed by atoms with Gasteiger partial charge in [0.1, 0.15) is 0 Å². The van der Waals surface area contributed by atoms with Crippen LogP contribution in [0.1, 0.15) is 78.1 Å². The third-order valence-electron chi connectivity index (χ3n) is 4.93. The zero-order valence-corrected chi connectivity index (χ0v) is 20.1. The van der Waals surface area contributed by atoms with Crippen molar-refractivity contribution in [3.63, 3.8) is 0 Å². The molecule has 1 rings (SSSR count). The molecule has 5 heteroatoms. The lowest BCUT2D eigenvalue weighted by Crippen LogP contribution is -2.45. The quantitative estimate of drug-likeness (QED) is 0.188. The molecule has 3 nitrogen and oxygen atoms in total. The second kappa shape index (κ2) is 12.3. The van der Waals surface area contributed by atoms with E-state index in [2.05, 4.69) is 49.4 Å². The standard InChI is InChI=1S/C21H39BrO3Si/c1-6-8-10-11-12-13-14-17-16-18(22)20(26(3,4)5)19(25-17)21(23)24-15-9-7-2/h17,19H,6-16H2,1-5H3/t17-,19+/m1/s1. The van der Waals surface area contributed by atoms with Crippen LogP contribution in [0.2, 0.25) is 19.6 Å². The molecule has 0 aromatic heterocycles. The number of hydrogen-bond donors (Lipinski definition) is 0. The summed E-state index contributed by atoms with van der Waals surface area (Å²) < 4.78 is 13.0. The summed E-state index contributed by atoms with van der Waals surface area (Å²) in [5.74, 6) is -0.194. The smallest absolute Gasteiger partial charge is 0.339 e. The van der Waals surface area contributed by atoms with Crippen molar-refractivity contribution in [3.05, 3.63) is 9.68 Å². The summed E-state index contributed by atoms with van der Waals surface area (Å²) in [7, 11) is -1.67. The summed E-state index contributed by atoms with van der Waals surface area (Å²) in [6.45, 7) is 11.7. The summed E-state index contributed by atoms with van der Waals surface area (Å²) in [6.07, 6.45) is 11.2. The van der Waals surface area contributed by atoms with Crippen LogP contribution in [0.25, 0.3) is 0 Å². The van der Waals surface area contributed by atoms with Gasteiger partial charge in [0.05, 0.1) is 20.8 Å². The topological polar surface area (TPSA) is 35.5 Å². The molecule has 152 valence electrons. The minimum absolute atomic E-state index is 0.124. The average molecular weight is 448 g/mol. The first-order valence-corrected chi connectivity index (χ1v) is 14.8. The maximum absolute atomic E-state index is 12.7. The molecule has 0 N–H and O–H groups in total. The van der Waals surface area contributed by atoms with Gasteiger partial charge in [0.2, 0.25) is 0 Å². The largest absolute Gasteiger partial charge is 0.464 e. The molecule has 0 aliphatic carbocycles. The molecule has 0 aromatic carbocycles. The highest BCUT2D eigenvalue weighted by Crippen LogP contribution is 2.37. The summed E-state index contributed by atoms with van der Waals surface area (Å²) in [4.78, 5) is 12.7. The summed E-state index contributed by atoms with van der Waals surface area (Å²) in [5, 5.41) is 1.18. The molecule has 26 heavy (non-hydrogen) atoms. The Labute approximate surface area is 170 Å². The molecule has 0 saturated carbocycles. The number of unbranched alkanes of at least 4 members (excludes halogenated alkanes) is 6. The van der Waals surface area contributed by atoms with E-state index in [0.29, 0.717) is 6.61 Å². The van der Waals surface area contributed by atoms with E-state index < -0.39 is 14.2 Å². The van der Waals surface area contributed by atoms with Gasteiger partial charge in [-0.15, -0.1) is 0 Å². The van der Waals surface area contributed by atoms with Crippen molar-refractivity contribution < 1.29 is 14.3 Å². The Morgan fingerprint density at radius 1 is 1.08 bits per heavy atom. The zero-order valence-electron chi connectivity index (χ0n) is 17.5. The molecule has 0 amide bonds. The Morgan fingerprint density at radius 3 is 2.31 bits per heavy atom. The molecule has 0 spiro atoms. The first-order valence-electron chi connectivity index (χ1n) is 10.5. The minimum Gasteiger partial charge on any atom is -0.464 e. The molecule has 0 aromatic rings. The fourth-order valence-corrected chi connectivity index (χ4v) is 7.69. The number of hydrogen-bond acceptors (Lipinski definition) is 3. The van der Waals surface area contributed by atoms with Gasteiger partial charge in [0, 0.05) is 6.42 Å². The van der Waals surface area contributed by atoms with E-state index in [4.69, 9.17) is 9.47 Å². The van der Waals surface area contributed by atoms with E-state index in [-0.39, 0.29) is 12.1 Å². The fraction of sp³-hybridized carbons (Fsp3) is 0.857. The number of rotatable bonds is 12. The average Bonchev–Trinajstić information content (AvgIpc) is 2.56. The van der Waals surface area contributed by atoms with Crippen LogP contribution < -0.4 is 0 Å². The zero-order chi connectivity index (χ0) is 19.6. The van der Waals surface area contributed by atoms with Crippen molar-refractivity contribution in [2.45, 2.75) is 110 Å². The van der Waals surface area contributed by atoms with E-state index >= 15 is 0 Å². The molecule has 2 atom stereocenters. The molecule has 0 radical (unpaired) electrons. The second-order valence-corrected chi connectivity index (χ2v) is 14.5. The van der Waals surface area contributed by atoms with Crippen LogP contribution >= 0.6 is 15.9 Å². The van der Waals surface area contributed by atoms with Crippen LogP contribution in [0.4, 0.5) is 0 Å². The maximum Gasteiger partial charge on any atom is 0.339 e. The molecule has 0 bridgehead atoms. The summed E-state index contributed by atoms with van der Waals surface area (Å²) in [6, 6.07) is 0. The number of halogens is 1. The van der Waals surface area contributed by atoms with Crippen LogP contribution in [0.3, 0.4) is 0 Å². The maximum atomic E-state index is 12.7. The molecule has 1 aliphatic heterocycles. The van der Waals surface area contributed by atoms with Crippen molar-refractivity contribution in [2.24, 2.45) is 0 Å². The molecule has 0 saturated heterocycles. The lowest BCUT2D eigenvalue weighted by molar-refractivity contribution is -0.158. The molecule has 1 aliphatic rings. The lowest BCUT2D eigenvalue weighted by Gasteiger charge is -2.36. The lowest BCUT2D eigenvalue weighted by atomic mass is 10.0. The normalized spacial score (nSPS) is 21.2. The van der Waals surface area contributed by atoms with Crippen molar-refractivity contribution in [3.8, 4) is 0 Å². The van der Waals surface area contributed by atoms with Crippen molar-refractivity contribution in [1.82, 2.24) is 0 Å². The van der Waals surface area contributed by atoms with E-state index in [0.717, 1.165) is 25.7 Å². The van der Waals surface area contributed by atoms with Crippen LogP contribution in [-0.2, 0) is 14.3 Å². The number of carbonyl (C=O) groups is 1. The highest BCUT2D eigenvalue weighted by Gasteiger charge is 2.40. The van der Waals surface area contributed by atoms with Gasteiger partial charge >= 0.3 is 5.97 Å². The predicted octanol–water partition coefficient (Wildman–Crippen LogP) is 6.76. The van der Waals surface area contributed by atoms with Gasteiger partial charge in [0.15, 0.2) is 6.10 Å². The van der Waals surface area contributed by atoms with E-state index in [1.54, 1.807) is 0 Å². The molecular formula is C21H39BrO3Si. The summed E-state index contributed by atoms with van der Waals surface area (Å²) in [5.41, 5.74) is 0. The highest BCUT2D eigenvalue weighted by molar-refractivity contribution is 9.11. The van der Waals surface area contributed by atoms with E-state index in [1.807, 2.05) is 0 Å². The van der Waals surface area contributed by atoms with Crippen LogP contribution in [0.5, 0.6) is 0 Å². The predicted molar refractivity (Wildman–Crippen MR) is 116 cm³/mol. The monoisotopic (exact) mass is 446 g/mol. The van der Waals surface area contributed by atoms with Gasteiger partial charge < -0.3 is 9.47 Å². The Morgan fingerprint density at radius 2 is 1.69 bits per heavy atom. The first-order chi connectivity index (χ1) is 12.3. The third kappa shape index (κ3) is 8.26. The van der Waals surface area contributed by atoms with Crippen LogP contribution in [-0.4, -0.2) is 32.9 Å². The van der Waals surface area contributed by atoms with Crippen LogP contribution in [0, 0.1) is 0 Å². The van der Waals surface area contributed by atoms with Gasteiger partial charge in [-0.05, 0) is 22.5 Å². The Hall–Kier alpha value is -0.133. The fourth-order valence-electron chi connectivity index (χ4n) is 3.45. The molecule has 1 heterocycles. The van der Waals surface area contributed by atoms with E-state index in [1.165, 1.54) is 48.2 Å². The van der Waals surface area contributed by atoms with E-state index in [9.17, 15) is 4.79 Å². The highest BCUT2D eigenvalue weighted by atomic mass is 79.9. The summed E-state index contributed by atoms with van der Waals surface area (Å²) >= 11 is 3.79. The number of ether oxygens (including phenoxy) is 2. The van der Waals surface area contributed by atoms with Crippen LogP contribution in [0.15, 0.2) is 9.68 Å². The minimum atomic E-state index is -1.67. The molecular weight excluding hydrogens is 408 g/mol. The van der Waals surface area contributed by atoms with Gasteiger partial charge in [0.25, 0.3) is 0 Å². The SMILES string of the molecule is CCCCCCCC[C@@H]1CC(Br)=C([Si](C)(C)C)[C@@H](C(=O)OCCCC)O1. The van der Waals surface area contributed by atoms with Crippen molar-refractivity contribution >= 4 is 30.0 Å². The molecule has 0 fully saturated rings. The van der Waals surface area contributed by atoms with Crippen molar-refractivity contribution in [2.75, 3.05) is 6.61 Å². The Balaban J connectivity index is 2.68. The number of esters is 1. The Bertz CT molecular complexity index is 457. The number of carbonyl (C=O) groups excluding carboxylic acids is 1. The van der Waals surface area contributed by atoms with Gasteiger partial charge in [-0.1, -0.05) is 94.4 Å². The van der Waals surface area contributed by atoms with Crippen molar-refractivity contribution in [1.29, 1.82) is 0 Å². The van der Waals surface area contributed by atoms with Gasteiger partial charge in [-0.2, -0.15) is 0 Å².